The first-order valence-electron chi connectivity index (χ1n) is 7.39. The van der Waals surface area contributed by atoms with Gasteiger partial charge in [0.05, 0.1) is 0 Å². The van der Waals surface area contributed by atoms with Crippen molar-refractivity contribution in [1.82, 2.24) is 15.2 Å². The maximum atomic E-state index is 12.5. The molecular formula is C17H9BrN4O3S. The fourth-order valence-corrected chi connectivity index (χ4v) is 3.42. The minimum Gasteiger partial charge on any atom is -0.422 e. The summed E-state index contributed by atoms with van der Waals surface area (Å²) in [7, 11) is 0. The van der Waals surface area contributed by atoms with Gasteiger partial charge in [-0.3, -0.25) is 15.1 Å². The standard InChI is InChI=1S/C17H9BrN4O3S/c18-11-1-2-13-10(7-11)8-12(16(24)25-13)14(23)20-17-22-21-15(26-17)9-3-5-19-6-4-9/h1-8H,(H,20,22,23). The second-order valence-corrected chi connectivity index (χ2v) is 7.13. The van der Waals surface area contributed by atoms with Crippen LogP contribution in [0.5, 0.6) is 0 Å². The van der Waals surface area contributed by atoms with Gasteiger partial charge in [-0.05, 0) is 36.4 Å². The van der Waals surface area contributed by atoms with Gasteiger partial charge in [-0.15, -0.1) is 10.2 Å². The van der Waals surface area contributed by atoms with Crippen LogP contribution in [0.4, 0.5) is 5.13 Å². The summed E-state index contributed by atoms with van der Waals surface area (Å²) >= 11 is 4.55. The van der Waals surface area contributed by atoms with Gasteiger partial charge in [0.1, 0.15) is 16.2 Å². The number of carbonyl (C=O) groups is 1. The number of pyridine rings is 1. The molecular weight excluding hydrogens is 420 g/mol. The van der Waals surface area contributed by atoms with E-state index in [9.17, 15) is 9.59 Å². The zero-order valence-corrected chi connectivity index (χ0v) is 15.4. The fraction of sp³-hybridized carbons (Fsp3) is 0. The van der Waals surface area contributed by atoms with Gasteiger partial charge in [0, 0.05) is 27.8 Å². The van der Waals surface area contributed by atoms with Gasteiger partial charge < -0.3 is 4.42 Å². The van der Waals surface area contributed by atoms with Gasteiger partial charge in [0.15, 0.2) is 0 Å². The third kappa shape index (κ3) is 3.26. The number of hydrogen-bond donors (Lipinski definition) is 1. The molecule has 1 aromatic carbocycles. The van der Waals surface area contributed by atoms with Crippen molar-refractivity contribution in [2.45, 2.75) is 0 Å². The van der Waals surface area contributed by atoms with Gasteiger partial charge in [-0.1, -0.05) is 27.3 Å². The van der Waals surface area contributed by atoms with E-state index in [2.05, 4.69) is 36.4 Å². The average molecular weight is 429 g/mol. The summed E-state index contributed by atoms with van der Waals surface area (Å²) < 4.78 is 6.02. The van der Waals surface area contributed by atoms with Crippen LogP contribution in [0.25, 0.3) is 21.5 Å². The highest BCUT2D eigenvalue weighted by Crippen LogP contribution is 2.26. The maximum Gasteiger partial charge on any atom is 0.349 e. The van der Waals surface area contributed by atoms with Crippen LogP contribution in [-0.4, -0.2) is 21.1 Å². The van der Waals surface area contributed by atoms with E-state index in [0.717, 1.165) is 10.0 Å². The van der Waals surface area contributed by atoms with Crippen LogP contribution in [0, 0.1) is 0 Å². The van der Waals surface area contributed by atoms with Gasteiger partial charge in [0.2, 0.25) is 5.13 Å². The van der Waals surface area contributed by atoms with E-state index in [0.29, 0.717) is 16.0 Å². The molecule has 9 heteroatoms. The number of nitrogens with zero attached hydrogens (tertiary/aromatic N) is 3. The minimum absolute atomic E-state index is 0.101. The predicted molar refractivity (Wildman–Crippen MR) is 101 cm³/mol. The van der Waals surface area contributed by atoms with Crippen LogP contribution >= 0.6 is 27.3 Å². The Morgan fingerprint density at radius 1 is 1.12 bits per heavy atom. The van der Waals surface area contributed by atoms with Crippen molar-refractivity contribution >= 4 is 49.3 Å². The third-order valence-electron chi connectivity index (χ3n) is 3.51. The molecule has 7 nitrogen and oxygen atoms in total. The summed E-state index contributed by atoms with van der Waals surface area (Å²) in [5, 5.41) is 12.1. The lowest BCUT2D eigenvalue weighted by Gasteiger charge is -2.02. The first-order valence-corrected chi connectivity index (χ1v) is 9.00. The second kappa shape index (κ2) is 6.77. The lowest BCUT2D eigenvalue weighted by molar-refractivity contribution is 0.102. The summed E-state index contributed by atoms with van der Waals surface area (Å²) in [5.74, 6) is -0.599. The zero-order chi connectivity index (χ0) is 18.1. The topological polar surface area (TPSA) is 98.0 Å². The van der Waals surface area contributed by atoms with E-state index in [1.807, 2.05) is 0 Å². The summed E-state index contributed by atoms with van der Waals surface area (Å²) in [5.41, 5.74) is 0.436. The molecule has 0 aliphatic carbocycles. The smallest absolute Gasteiger partial charge is 0.349 e. The number of amides is 1. The summed E-state index contributed by atoms with van der Waals surface area (Å²) in [6.45, 7) is 0. The van der Waals surface area contributed by atoms with Gasteiger partial charge in [-0.25, -0.2) is 4.79 Å². The molecule has 0 fully saturated rings. The number of fused-ring (bicyclic) bond motifs is 1. The summed E-state index contributed by atoms with van der Waals surface area (Å²) in [6.07, 6.45) is 3.29. The molecule has 0 atom stereocenters. The molecule has 1 N–H and O–H groups in total. The molecule has 0 saturated carbocycles. The summed E-state index contributed by atoms with van der Waals surface area (Å²) in [4.78, 5) is 28.5. The SMILES string of the molecule is O=C(Nc1nnc(-c2ccncc2)s1)c1cc2cc(Br)ccc2oc1=O. The van der Waals surface area contributed by atoms with Crippen LogP contribution in [0.1, 0.15) is 10.4 Å². The lowest BCUT2D eigenvalue weighted by atomic mass is 10.2. The average Bonchev–Trinajstić information content (AvgIpc) is 3.10. The molecule has 0 aliphatic rings. The third-order valence-corrected chi connectivity index (χ3v) is 4.89. The van der Waals surface area contributed by atoms with Crippen LogP contribution in [0.15, 0.2) is 62.5 Å². The molecule has 3 aromatic heterocycles. The molecule has 4 rings (SSSR count). The van der Waals surface area contributed by atoms with E-state index in [1.54, 1.807) is 42.7 Å². The number of anilines is 1. The number of carbonyl (C=O) groups excluding carboxylic acids is 1. The first-order chi connectivity index (χ1) is 12.6. The number of halogens is 1. The molecule has 0 saturated heterocycles. The lowest BCUT2D eigenvalue weighted by Crippen LogP contribution is -2.20. The van der Waals surface area contributed by atoms with Gasteiger partial charge >= 0.3 is 5.63 Å². The molecule has 0 unspecified atom stereocenters. The van der Waals surface area contributed by atoms with Crippen LogP contribution in [-0.2, 0) is 0 Å². The molecule has 4 aromatic rings. The predicted octanol–water partition coefficient (Wildman–Crippen LogP) is 3.72. The largest absolute Gasteiger partial charge is 0.422 e. The summed E-state index contributed by atoms with van der Waals surface area (Å²) in [6, 6.07) is 10.3. The Morgan fingerprint density at radius 3 is 2.73 bits per heavy atom. The molecule has 3 heterocycles. The van der Waals surface area contributed by atoms with Crippen molar-refractivity contribution in [3.8, 4) is 10.6 Å². The van der Waals surface area contributed by atoms with Crippen molar-refractivity contribution in [2.75, 3.05) is 5.32 Å². The Balaban J connectivity index is 1.63. The molecule has 1 amide bonds. The quantitative estimate of drug-likeness (QED) is 0.499. The highest BCUT2D eigenvalue weighted by Gasteiger charge is 2.16. The molecule has 0 radical (unpaired) electrons. The van der Waals surface area contributed by atoms with Crippen molar-refractivity contribution in [2.24, 2.45) is 0 Å². The van der Waals surface area contributed by atoms with Gasteiger partial charge in [-0.2, -0.15) is 0 Å². The molecule has 0 spiro atoms. The minimum atomic E-state index is -0.712. The van der Waals surface area contributed by atoms with E-state index in [4.69, 9.17) is 4.42 Å². The van der Waals surface area contributed by atoms with Crippen LogP contribution < -0.4 is 10.9 Å². The normalized spacial score (nSPS) is 10.8. The van der Waals surface area contributed by atoms with Gasteiger partial charge in [0.25, 0.3) is 5.91 Å². The first kappa shape index (κ1) is 16.6. The van der Waals surface area contributed by atoms with Crippen LogP contribution in [0.2, 0.25) is 0 Å². The monoisotopic (exact) mass is 428 g/mol. The Labute approximate surface area is 158 Å². The number of aromatic nitrogens is 3. The molecule has 128 valence electrons. The van der Waals surface area contributed by atoms with E-state index >= 15 is 0 Å². The second-order valence-electron chi connectivity index (χ2n) is 5.23. The maximum absolute atomic E-state index is 12.5. The number of benzene rings is 1. The number of nitrogens with one attached hydrogen (secondary N) is 1. The van der Waals surface area contributed by atoms with Crippen molar-refractivity contribution < 1.29 is 9.21 Å². The van der Waals surface area contributed by atoms with Crippen molar-refractivity contribution in [3.63, 3.8) is 0 Å². The highest BCUT2D eigenvalue weighted by atomic mass is 79.9. The van der Waals surface area contributed by atoms with E-state index in [1.165, 1.54) is 17.4 Å². The highest BCUT2D eigenvalue weighted by molar-refractivity contribution is 9.10. The Hall–Kier alpha value is -2.91. The molecule has 26 heavy (non-hydrogen) atoms. The number of rotatable bonds is 3. The van der Waals surface area contributed by atoms with E-state index in [-0.39, 0.29) is 10.7 Å². The molecule has 0 bridgehead atoms. The van der Waals surface area contributed by atoms with Crippen molar-refractivity contribution in [1.29, 1.82) is 0 Å². The Morgan fingerprint density at radius 2 is 1.92 bits per heavy atom. The van der Waals surface area contributed by atoms with E-state index < -0.39 is 11.5 Å². The zero-order valence-electron chi connectivity index (χ0n) is 13.0. The van der Waals surface area contributed by atoms with Crippen LogP contribution in [0.3, 0.4) is 0 Å². The Kier molecular flexibility index (Phi) is 4.31. The van der Waals surface area contributed by atoms with Crippen molar-refractivity contribution in [3.05, 3.63) is 69.2 Å². The Bertz CT molecular complexity index is 1170. The number of hydrogen-bond acceptors (Lipinski definition) is 7. The fourth-order valence-electron chi connectivity index (χ4n) is 2.30. The molecule has 0 aliphatic heterocycles.